The van der Waals surface area contributed by atoms with Gasteiger partial charge in [-0.3, -0.25) is 9.36 Å². The van der Waals surface area contributed by atoms with Crippen molar-refractivity contribution in [1.29, 1.82) is 0 Å². The summed E-state index contributed by atoms with van der Waals surface area (Å²) in [6.45, 7) is 2.03. The predicted molar refractivity (Wildman–Crippen MR) is 118 cm³/mol. The minimum Gasteiger partial charge on any atom is -0.481 e. The maximum atomic E-state index is 12.8. The number of benzene rings is 3. The molecule has 0 radical (unpaired) electrons. The molecule has 3 rings (SSSR count). The summed E-state index contributed by atoms with van der Waals surface area (Å²) in [7, 11) is -3.60. The zero-order chi connectivity index (χ0) is 20.9. The zero-order valence-electron chi connectivity index (χ0n) is 16.6. The Kier molecular flexibility index (Phi) is 6.89. The second-order valence-corrected chi connectivity index (χ2v) is 10.0. The third kappa shape index (κ3) is 5.79. The fraction of sp³-hybridized carbons (Fsp3) is 0.292. The summed E-state index contributed by atoms with van der Waals surface area (Å²) >= 11 is 0. The van der Waals surface area contributed by atoms with Gasteiger partial charge in [0.05, 0.1) is 5.92 Å². The molecule has 152 valence electrons. The van der Waals surface area contributed by atoms with Crippen molar-refractivity contribution in [3.8, 4) is 0 Å². The van der Waals surface area contributed by atoms with E-state index in [4.69, 9.17) is 0 Å². The van der Waals surface area contributed by atoms with E-state index in [0.717, 1.165) is 28.3 Å². The molecule has 0 aromatic heterocycles. The fourth-order valence-corrected chi connectivity index (χ4v) is 5.78. The first-order valence-electron chi connectivity index (χ1n) is 9.94. The summed E-state index contributed by atoms with van der Waals surface area (Å²) in [5.74, 6) is -1.84. The molecule has 29 heavy (non-hydrogen) atoms. The standard InChI is InChI=1S/C24H27O4P/c1-2-19(22-13-12-20-10-6-7-11-21(20)15-22)14-23(24(25)26)17-29(27,28)16-18-8-4-3-5-9-18/h3-13,15,19,23H,2,14,16-17H2,1H3,(H,25,26)(H,27,28). The van der Waals surface area contributed by atoms with Crippen molar-refractivity contribution < 1.29 is 19.4 Å². The van der Waals surface area contributed by atoms with Crippen LogP contribution < -0.4 is 0 Å². The van der Waals surface area contributed by atoms with Crippen LogP contribution in [0.4, 0.5) is 0 Å². The van der Waals surface area contributed by atoms with Gasteiger partial charge in [0.15, 0.2) is 0 Å². The zero-order valence-corrected chi connectivity index (χ0v) is 17.5. The highest BCUT2D eigenvalue weighted by Gasteiger charge is 2.31. The molecule has 0 aliphatic heterocycles. The fourth-order valence-electron chi connectivity index (χ4n) is 3.87. The summed E-state index contributed by atoms with van der Waals surface area (Å²) in [6.07, 6.45) is 0.922. The van der Waals surface area contributed by atoms with Crippen molar-refractivity contribution in [2.45, 2.75) is 31.8 Å². The second-order valence-electron chi connectivity index (χ2n) is 7.66. The summed E-state index contributed by atoms with van der Waals surface area (Å²) in [5, 5.41) is 12.0. The number of aliphatic carboxylic acids is 1. The molecule has 0 saturated heterocycles. The van der Waals surface area contributed by atoms with Crippen LogP contribution in [0.5, 0.6) is 0 Å². The Morgan fingerprint density at radius 1 is 0.966 bits per heavy atom. The average molecular weight is 410 g/mol. The van der Waals surface area contributed by atoms with E-state index >= 15 is 0 Å². The molecule has 3 aromatic rings. The Balaban J connectivity index is 1.76. The minimum atomic E-state index is -3.60. The van der Waals surface area contributed by atoms with Crippen LogP contribution in [-0.4, -0.2) is 22.1 Å². The quantitative estimate of drug-likeness (QED) is 0.431. The van der Waals surface area contributed by atoms with Gasteiger partial charge in [-0.05, 0) is 40.7 Å². The predicted octanol–water partition coefficient (Wildman–Crippen LogP) is 5.89. The van der Waals surface area contributed by atoms with Crippen LogP contribution in [0.1, 0.15) is 36.8 Å². The van der Waals surface area contributed by atoms with E-state index in [-0.39, 0.29) is 18.2 Å². The van der Waals surface area contributed by atoms with Crippen LogP contribution in [0.2, 0.25) is 0 Å². The maximum absolute atomic E-state index is 12.8. The molecule has 0 bridgehead atoms. The average Bonchev–Trinajstić information content (AvgIpc) is 2.71. The molecule has 0 aliphatic carbocycles. The first-order chi connectivity index (χ1) is 13.9. The van der Waals surface area contributed by atoms with E-state index in [0.29, 0.717) is 6.42 Å². The number of fused-ring (bicyclic) bond motifs is 1. The van der Waals surface area contributed by atoms with E-state index in [2.05, 4.69) is 12.1 Å². The summed E-state index contributed by atoms with van der Waals surface area (Å²) < 4.78 is 12.8. The topological polar surface area (TPSA) is 74.6 Å². The van der Waals surface area contributed by atoms with Crippen molar-refractivity contribution in [2.24, 2.45) is 5.92 Å². The number of carbonyl (C=O) groups is 1. The lowest BCUT2D eigenvalue weighted by Gasteiger charge is -2.23. The molecular formula is C24H27O4P. The molecule has 3 atom stereocenters. The van der Waals surface area contributed by atoms with Crippen LogP contribution >= 0.6 is 7.37 Å². The van der Waals surface area contributed by atoms with Crippen LogP contribution in [-0.2, 0) is 15.5 Å². The van der Waals surface area contributed by atoms with E-state index in [1.54, 1.807) is 12.1 Å². The summed E-state index contributed by atoms with van der Waals surface area (Å²) in [4.78, 5) is 22.4. The number of carboxylic acid groups (broad SMARTS) is 1. The Morgan fingerprint density at radius 2 is 1.62 bits per heavy atom. The monoisotopic (exact) mass is 410 g/mol. The van der Waals surface area contributed by atoms with Gasteiger partial charge in [-0.2, -0.15) is 0 Å². The van der Waals surface area contributed by atoms with Crippen molar-refractivity contribution in [2.75, 3.05) is 6.16 Å². The van der Waals surface area contributed by atoms with E-state index in [9.17, 15) is 19.4 Å². The van der Waals surface area contributed by atoms with Crippen LogP contribution in [0, 0.1) is 5.92 Å². The Hall–Kier alpha value is -2.42. The highest BCUT2D eigenvalue weighted by molar-refractivity contribution is 7.57. The van der Waals surface area contributed by atoms with Gasteiger partial charge in [0.2, 0.25) is 7.37 Å². The second kappa shape index (κ2) is 9.39. The molecule has 4 nitrogen and oxygen atoms in total. The number of hydrogen-bond acceptors (Lipinski definition) is 2. The minimum absolute atomic E-state index is 0.00435. The highest BCUT2D eigenvalue weighted by atomic mass is 31.2. The van der Waals surface area contributed by atoms with Gasteiger partial charge >= 0.3 is 5.97 Å². The van der Waals surface area contributed by atoms with Crippen molar-refractivity contribution in [3.05, 3.63) is 83.9 Å². The molecule has 3 unspecified atom stereocenters. The molecule has 2 N–H and O–H groups in total. The normalized spacial score (nSPS) is 15.5. The molecule has 0 amide bonds. The molecule has 3 aromatic carbocycles. The molecule has 0 fully saturated rings. The van der Waals surface area contributed by atoms with E-state index < -0.39 is 19.3 Å². The Morgan fingerprint density at radius 3 is 2.28 bits per heavy atom. The first-order valence-corrected chi connectivity index (χ1v) is 12.0. The van der Waals surface area contributed by atoms with Gasteiger partial charge in [0, 0.05) is 12.3 Å². The van der Waals surface area contributed by atoms with E-state index in [1.165, 1.54) is 0 Å². The molecule has 0 aliphatic rings. The smallest absolute Gasteiger partial charge is 0.307 e. The largest absolute Gasteiger partial charge is 0.481 e. The Bertz CT molecular complexity index is 1020. The van der Waals surface area contributed by atoms with Crippen LogP contribution in [0.25, 0.3) is 10.8 Å². The third-order valence-corrected chi connectivity index (χ3v) is 7.30. The molecule has 0 saturated carbocycles. The van der Waals surface area contributed by atoms with E-state index in [1.807, 2.05) is 55.5 Å². The van der Waals surface area contributed by atoms with Gasteiger partial charge in [0.1, 0.15) is 0 Å². The van der Waals surface area contributed by atoms with Crippen LogP contribution in [0.3, 0.4) is 0 Å². The first kappa shape index (κ1) is 21.3. The SMILES string of the molecule is CCC(CC(CP(=O)(O)Cc1ccccc1)C(=O)O)c1ccc2ccccc2c1. The van der Waals surface area contributed by atoms with Crippen molar-refractivity contribution in [3.63, 3.8) is 0 Å². The summed E-state index contributed by atoms with van der Waals surface area (Å²) in [6, 6.07) is 23.3. The maximum Gasteiger partial charge on any atom is 0.307 e. The number of hydrogen-bond donors (Lipinski definition) is 2. The number of rotatable bonds is 9. The highest BCUT2D eigenvalue weighted by Crippen LogP contribution is 2.47. The van der Waals surface area contributed by atoms with Gasteiger partial charge < -0.3 is 10.00 Å². The van der Waals surface area contributed by atoms with Gasteiger partial charge in [-0.25, -0.2) is 0 Å². The molecule has 0 heterocycles. The Labute approximate surface area is 171 Å². The van der Waals surface area contributed by atoms with Crippen molar-refractivity contribution >= 4 is 24.1 Å². The number of carboxylic acids is 1. The van der Waals surface area contributed by atoms with Gasteiger partial charge in [-0.15, -0.1) is 0 Å². The lowest BCUT2D eigenvalue weighted by Crippen LogP contribution is -2.21. The lowest BCUT2D eigenvalue weighted by molar-refractivity contribution is -0.141. The summed E-state index contributed by atoms with van der Waals surface area (Å²) in [5.41, 5.74) is 1.83. The third-order valence-electron chi connectivity index (χ3n) is 5.43. The lowest BCUT2D eigenvalue weighted by atomic mass is 9.86. The molecule has 5 heteroatoms. The van der Waals surface area contributed by atoms with Crippen LogP contribution in [0.15, 0.2) is 72.8 Å². The molecule has 0 spiro atoms. The van der Waals surface area contributed by atoms with Crippen molar-refractivity contribution in [1.82, 2.24) is 0 Å². The van der Waals surface area contributed by atoms with Gasteiger partial charge in [-0.1, -0.05) is 79.7 Å². The molecular weight excluding hydrogens is 383 g/mol. The van der Waals surface area contributed by atoms with Gasteiger partial charge in [0.25, 0.3) is 0 Å².